The molecule has 1 aliphatic heterocycles. The highest BCUT2D eigenvalue weighted by Gasteiger charge is 2.54. The Labute approximate surface area is 293 Å². The third-order valence-electron chi connectivity index (χ3n) is 6.75. The van der Waals surface area contributed by atoms with Crippen molar-refractivity contribution in [1.29, 1.82) is 0 Å². The lowest BCUT2D eigenvalue weighted by atomic mass is 9.82. The number of nitrogens with one attached hydrogen (secondary N) is 1. The molecule has 16 heteroatoms. The first-order valence-corrected chi connectivity index (χ1v) is 16.4. The summed E-state index contributed by atoms with van der Waals surface area (Å²) in [4.78, 5) is 89.0. The number of hydrogen-bond acceptors (Lipinski definition) is 15. The van der Waals surface area contributed by atoms with E-state index < -0.39 is 94.8 Å². The molecule has 1 heterocycles. The van der Waals surface area contributed by atoms with Gasteiger partial charge in [-0.25, -0.2) is 0 Å². The first-order valence-electron chi connectivity index (χ1n) is 16.4. The van der Waals surface area contributed by atoms with Crippen molar-refractivity contribution >= 4 is 41.7 Å². The van der Waals surface area contributed by atoms with Crippen molar-refractivity contribution in [2.45, 2.75) is 175 Å². The van der Waals surface area contributed by atoms with Crippen LogP contribution in [0.15, 0.2) is 0 Å². The van der Waals surface area contributed by atoms with E-state index in [1.807, 2.05) is 0 Å². The molecule has 0 unspecified atom stereocenters. The monoisotopic (exact) mass is 717 g/mol. The van der Waals surface area contributed by atoms with Gasteiger partial charge in [0.1, 0.15) is 16.8 Å². The second-order valence-electron chi connectivity index (χ2n) is 15.2. The number of esters is 6. The molecule has 2 N–H and O–H groups in total. The Hall–Kier alpha value is -3.79. The molecule has 0 aromatic carbocycles. The van der Waals surface area contributed by atoms with E-state index in [1.165, 1.54) is 0 Å². The van der Waals surface area contributed by atoms with Gasteiger partial charge in [-0.1, -0.05) is 0 Å². The van der Waals surface area contributed by atoms with Crippen LogP contribution in [0, 0.1) is 0 Å². The average Bonchev–Trinajstić information content (AvgIpc) is 2.89. The average molecular weight is 718 g/mol. The molecule has 1 fully saturated rings. The van der Waals surface area contributed by atoms with Crippen LogP contribution in [-0.2, 0) is 66.7 Å². The van der Waals surface area contributed by atoms with Crippen LogP contribution in [0.4, 0.5) is 0 Å². The van der Waals surface area contributed by atoms with Crippen molar-refractivity contribution in [3.63, 3.8) is 0 Å². The molecule has 0 spiro atoms. The number of hydrogen-bond donors (Lipinski definition) is 2. The van der Waals surface area contributed by atoms with Crippen molar-refractivity contribution in [1.82, 2.24) is 5.32 Å². The Morgan fingerprint density at radius 2 is 0.880 bits per heavy atom. The first-order chi connectivity index (χ1) is 22.6. The molecule has 0 aliphatic carbocycles. The maximum Gasteiger partial charge on any atom is 0.306 e. The normalized spacial score (nSPS) is 21.3. The fourth-order valence-electron chi connectivity index (χ4n) is 5.10. The Balaban J connectivity index is 3.71. The summed E-state index contributed by atoms with van der Waals surface area (Å²) in [6.45, 7) is 18.1. The lowest BCUT2D eigenvalue weighted by Gasteiger charge is -2.43. The molecule has 1 rings (SSSR count). The molecule has 0 bridgehead atoms. The van der Waals surface area contributed by atoms with E-state index in [0.717, 1.165) is 20.8 Å². The predicted molar refractivity (Wildman–Crippen MR) is 174 cm³/mol. The van der Waals surface area contributed by atoms with Crippen molar-refractivity contribution in [3.8, 4) is 0 Å². The van der Waals surface area contributed by atoms with Gasteiger partial charge >= 0.3 is 35.8 Å². The minimum Gasteiger partial charge on any atom is -0.460 e. The second kappa shape index (κ2) is 17.9. The van der Waals surface area contributed by atoms with Crippen LogP contribution in [0.2, 0.25) is 0 Å². The predicted octanol–water partition coefficient (Wildman–Crippen LogP) is 2.72. The van der Waals surface area contributed by atoms with E-state index in [0.29, 0.717) is 0 Å². The zero-order valence-electron chi connectivity index (χ0n) is 31.3. The summed E-state index contributed by atoms with van der Waals surface area (Å²) in [6.07, 6.45) is -10.3. The largest absolute Gasteiger partial charge is 0.460 e. The quantitative estimate of drug-likeness (QED) is 0.195. The zero-order valence-corrected chi connectivity index (χ0v) is 31.3. The number of aliphatic hydroxyl groups is 1. The third-order valence-corrected chi connectivity index (χ3v) is 6.75. The molecule has 16 nitrogen and oxygen atoms in total. The van der Waals surface area contributed by atoms with Gasteiger partial charge in [0.15, 0.2) is 30.7 Å². The van der Waals surface area contributed by atoms with Gasteiger partial charge in [-0.3, -0.25) is 33.6 Å². The number of amides is 1. The summed E-state index contributed by atoms with van der Waals surface area (Å²) >= 11 is 0. The van der Waals surface area contributed by atoms with Crippen LogP contribution in [0.3, 0.4) is 0 Å². The highest BCUT2D eigenvalue weighted by molar-refractivity contribution is 5.84. The van der Waals surface area contributed by atoms with Crippen LogP contribution < -0.4 is 5.32 Å². The first kappa shape index (κ1) is 44.2. The van der Waals surface area contributed by atoms with Gasteiger partial charge in [0.2, 0.25) is 0 Å². The number of carbonyl (C=O) groups excluding carboxylic acids is 7. The highest BCUT2D eigenvalue weighted by Crippen LogP contribution is 2.32. The minimum absolute atomic E-state index is 0.157. The van der Waals surface area contributed by atoms with E-state index in [-0.39, 0.29) is 38.5 Å². The van der Waals surface area contributed by atoms with Crippen molar-refractivity contribution in [3.05, 3.63) is 0 Å². The molecule has 0 aromatic heterocycles. The van der Waals surface area contributed by atoms with Gasteiger partial charge in [0, 0.05) is 45.6 Å². The van der Waals surface area contributed by atoms with Crippen LogP contribution >= 0.6 is 0 Å². The number of carbonyl (C=O) groups is 7. The Morgan fingerprint density at radius 1 is 0.560 bits per heavy atom. The lowest BCUT2D eigenvalue weighted by Crippen LogP contribution is -2.66. The summed E-state index contributed by atoms with van der Waals surface area (Å²) in [7, 11) is 0. The van der Waals surface area contributed by atoms with Gasteiger partial charge in [0.25, 0.3) is 5.91 Å². The summed E-state index contributed by atoms with van der Waals surface area (Å²) in [5.74, 6) is -5.68. The molecule has 50 heavy (non-hydrogen) atoms. The summed E-state index contributed by atoms with van der Waals surface area (Å²) in [6, 6.07) is 0. The summed E-state index contributed by atoms with van der Waals surface area (Å²) in [5.41, 5.74) is -4.06. The molecule has 1 amide bonds. The minimum atomic E-state index is -2.04. The summed E-state index contributed by atoms with van der Waals surface area (Å²) in [5, 5.41) is 13.6. The van der Waals surface area contributed by atoms with Crippen molar-refractivity contribution in [2.24, 2.45) is 0 Å². The maximum absolute atomic E-state index is 14.2. The van der Waals surface area contributed by atoms with E-state index in [9.17, 15) is 38.7 Å². The van der Waals surface area contributed by atoms with E-state index in [2.05, 4.69) is 5.32 Å². The Kier molecular flexibility index (Phi) is 15.9. The van der Waals surface area contributed by atoms with Gasteiger partial charge in [-0.15, -0.1) is 0 Å². The van der Waals surface area contributed by atoms with Crippen molar-refractivity contribution < 1.29 is 71.8 Å². The molecule has 1 aliphatic rings. The smallest absolute Gasteiger partial charge is 0.306 e. The standard InChI is InChI=1S/C34H55NO15/c1-19(36)44-25-26(45-20(2)37)28(46-21(3)38)30(43)47-27(25)29(42)35-34(16-13-22(39)48-31(4,5)6,17-14-23(40)49-32(7,8)9)18-15-24(41)50-33(10,11)12/h25-28,30,43H,13-18H2,1-12H3,(H,35,42)/t25-,26-,27-,28+,30-/m0/s1. The Bertz CT molecular complexity index is 1160. The van der Waals surface area contributed by atoms with Crippen LogP contribution in [-0.4, -0.2) is 99.9 Å². The molecule has 0 aromatic rings. The number of ether oxygens (including phenoxy) is 7. The van der Waals surface area contributed by atoms with Crippen LogP contribution in [0.5, 0.6) is 0 Å². The molecule has 0 radical (unpaired) electrons. The van der Waals surface area contributed by atoms with Gasteiger partial charge in [-0.2, -0.15) is 0 Å². The van der Waals surface area contributed by atoms with Gasteiger partial charge in [-0.05, 0) is 81.6 Å². The molecular weight excluding hydrogens is 662 g/mol. The van der Waals surface area contributed by atoms with E-state index >= 15 is 0 Å². The van der Waals surface area contributed by atoms with Gasteiger partial charge < -0.3 is 43.6 Å². The van der Waals surface area contributed by atoms with Crippen molar-refractivity contribution in [2.75, 3.05) is 0 Å². The molecule has 5 atom stereocenters. The summed E-state index contributed by atoms with van der Waals surface area (Å²) < 4.78 is 37.7. The van der Waals surface area contributed by atoms with E-state index in [4.69, 9.17) is 33.2 Å². The topological polar surface area (TPSA) is 216 Å². The number of rotatable bonds is 14. The fraction of sp³-hybridized carbons (Fsp3) is 0.794. The Morgan fingerprint density at radius 3 is 1.20 bits per heavy atom. The van der Waals surface area contributed by atoms with Crippen LogP contribution in [0.1, 0.15) is 122 Å². The third kappa shape index (κ3) is 16.7. The maximum atomic E-state index is 14.2. The second-order valence-corrected chi connectivity index (χ2v) is 15.2. The van der Waals surface area contributed by atoms with Crippen LogP contribution in [0.25, 0.3) is 0 Å². The molecule has 0 saturated carbocycles. The fourth-order valence-corrected chi connectivity index (χ4v) is 5.10. The molecule has 286 valence electrons. The molecule has 1 saturated heterocycles. The highest BCUT2D eigenvalue weighted by atomic mass is 16.7. The number of aliphatic hydroxyl groups excluding tert-OH is 1. The zero-order chi connectivity index (χ0) is 38.8. The van der Waals surface area contributed by atoms with E-state index in [1.54, 1.807) is 62.3 Å². The van der Waals surface area contributed by atoms with Gasteiger partial charge in [0.05, 0.1) is 0 Å². The SMILES string of the molecule is CC(=O)O[C@@H]1[C@@H](OC(C)=O)[C@@H](O)O[C@H](C(=O)NC(CCC(=O)OC(C)(C)C)(CCC(=O)OC(C)(C)C)CCC(=O)OC(C)(C)C)[C@H]1OC(C)=O. The molecular formula is C34H55NO15. The lowest BCUT2D eigenvalue weighted by molar-refractivity contribution is -0.286.